The summed E-state index contributed by atoms with van der Waals surface area (Å²) in [6.45, 7) is 5.75. The van der Waals surface area contributed by atoms with Gasteiger partial charge in [0.1, 0.15) is 5.76 Å². The quantitative estimate of drug-likeness (QED) is 0.655. The van der Waals surface area contributed by atoms with E-state index in [4.69, 9.17) is 4.42 Å². The summed E-state index contributed by atoms with van der Waals surface area (Å²) in [6.07, 6.45) is 0. The third-order valence-electron chi connectivity index (χ3n) is 4.71. The van der Waals surface area contributed by atoms with Gasteiger partial charge in [0, 0.05) is 12.7 Å². The van der Waals surface area contributed by atoms with Crippen LogP contribution >= 0.6 is 0 Å². The zero-order chi connectivity index (χ0) is 21.2. The SMILES string of the molecule is Cc1ccc(S(=O)(=O)N(C)Cc2ccc(C(=O)Nc3c(C)cccc3C)o2)cc1. The number of furan rings is 1. The maximum absolute atomic E-state index is 12.7. The second-order valence-corrected chi connectivity index (χ2v) is 9.11. The van der Waals surface area contributed by atoms with Crippen molar-refractivity contribution in [3.05, 3.63) is 82.8 Å². The van der Waals surface area contributed by atoms with E-state index < -0.39 is 10.0 Å². The highest BCUT2D eigenvalue weighted by Gasteiger charge is 2.22. The number of amides is 1. The Bertz CT molecular complexity index is 1110. The van der Waals surface area contributed by atoms with Crippen LogP contribution in [0.4, 0.5) is 5.69 Å². The van der Waals surface area contributed by atoms with Crippen LogP contribution in [0, 0.1) is 20.8 Å². The summed E-state index contributed by atoms with van der Waals surface area (Å²) in [7, 11) is -2.17. The monoisotopic (exact) mass is 412 g/mol. The molecule has 1 heterocycles. The lowest BCUT2D eigenvalue weighted by Gasteiger charge is -2.16. The minimum absolute atomic E-state index is 0.0207. The summed E-state index contributed by atoms with van der Waals surface area (Å²) in [6, 6.07) is 15.6. The molecule has 6 nitrogen and oxygen atoms in total. The number of sulfonamides is 1. The maximum Gasteiger partial charge on any atom is 0.291 e. The number of rotatable bonds is 6. The van der Waals surface area contributed by atoms with Gasteiger partial charge < -0.3 is 9.73 Å². The van der Waals surface area contributed by atoms with E-state index in [1.165, 1.54) is 11.4 Å². The molecule has 0 fully saturated rings. The van der Waals surface area contributed by atoms with Crippen LogP contribution in [0.5, 0.6) is 0 Å². The van der Waals surface area contributed by atoms with Gasteiger partial charge in [-0.2, -0.15) is 4.31 Å². The zero-order valence-corrected chi connectivity index (χ0v) is 17.7. The fourth-order valence-corrected chi connectivity index (χ4v) is 4.10. The Morgan fingerprint density at radius 3 is 2.21 bits per heavy atom. The predicted molar refractivity (Wildman–Crippen MR) is 112 cm³/mol. The van der Waals surface area contributed by atoms with E-state index in [0.717, 1.165) is 22.4 Å². The Balaban J connectivity index is 1.72. The van der Waals surface area contributed by atoms with Gasteiger partial charge in [0.2, 0.25) is 10.0 Å². The summed E-state index contributed by atoms with van der Waals surface area (Å²) in [5, 5.41) is 2.86. The Kier molecular flexibility index (Phi) is 5.91. The molecule has 7 heteroatoms. The summed E-state index contributed by atoms with van der Waals surface area (Å²) < 4.78 is 32.2. The van der Waals surface area contributed by atoms with Crippen LogP contribution in [0.2, 0.25) is 0 Å². The van der Waals surface area contributed by atoms with E-state index in [1.807, 2.05) is 39.0 Å². The van der Waals surface area contributed by atoms with E-state index in [-0.39, 0.29) is 23.1 Å². The van der Waals surface area contributed by atoms with Crippen molar-refractivity contribution in [2.45, 2.75) is 32.2 Å². The molecule has 0 radical (unpaired) electrons. The van der Waals surface area contributed by atoms with Gasteiger partial charge in [0.15, 0.2) is 5.76 Å². The molecule has 0 spiro atoms. The van der Waals surface area contributed by atoms with E-state index >= 15 is 0 Å². The first kappa shape index (κ1) is 20.8. The molecule has 2 aromatic carbocycles. The van der Waals surface area contributed by atoms with Gasteiger partial charge >= 0.3 is 0 Å². The molecular weight excluding hydrogens is 388 g/mol. The van der Waals surface area contributed by atoms with Gasteiger partial charge in [-0.3, -0.25) is 4.79 Å². The van der Waals surface area contributed by atoms with Crippen molar-refractivity contribution in [3.8, 4) is 0 Å². The summed E-state index contributed by atoms with van der Waals surface area (Å²) in [4.78, 5) is 12.7. The second-order valence-electron chi connectivity index (χ2n) is 7.06. The highest BCUT2D eigenvalue weighted by molar-refractivity contribution is 7.89. The van der Waals surface area contributed by atoms with Crippen LogP contribution in [0.3, 0.4) is 0 Å². The Morgan fingerprint density at radius 2 is 1.59 bits per heavy atom. The average Bonchev–Trinajstić information content (AvgIpc) is 3.13. The highest BCUT2D eigenvalue weighted by Crippen LogP contribution is 2.22. The molecule has 1 aromatic heterocycles. The number of anilines is 1. The van der Waals surface area contributed by atoms with Gasteiger partial charge in [0.05, 0.1) is 11.4 Å². The summed E-state index contributed by atoms with van der Waals surface area (Å²) in [5.41, 5.74) is 3.63. The van der Waals surface area contributed by atoms with Crippen LogP contribution in [0.25, 0.3) is 0 Å². The number of hydrogen-bond donors (Lipinski definition) is 1. The Hall–Kier alpha value is -2.90. The number of carbonyl (C=O) groups excluding carboxylic acids is 1. The molecule has 1 N–H and O–H groups in total. The minimum Gasteiger partial charge on any atom is -0.455 e. The predicted octanol–water partition coefficient (Wildman–Crippen LogP) is 4.28. The van der Waals surface area contributed by atoms with Crippen molar-refractivity contribution in [2.75, 3.05) is 12.4 Å². The van der Waals surface area contributed by atoms with E-state index in [2.05, 4.69) is 5.32 Å². The van der Waals surface area contributed by atoms with Crippen LogP contribution < -0.4 is 5.32 Å². The second kappa shape index (κ2) is 8.23. The lowest BCUT2D eigenvalue weighted by Crippen LogP contribution is -2.26. The average molecular weight is 413 g/mol. The molecule has 3 aromatic rings. The summed E-state index contributed by atoms with van der Waals surface area (Å²) in [5.74, 6) is 0.135. The Labute approximate surface area is 171 Å². The molecule has 3 rings (SSSR count). The molecule has 0 atom stereocenters. The third kappa shape index (κ3) is 4.58. The molecule has 0 aliphatic carbocycles. The minimum atomic E-state index is -3.65. The lowest BCUT2D eigenvalue weighted by molar-refractivity contribution is 0.0994. The van der Waals surface area contributed by atoms with E-state index in [1.54, 1.807) is 36.4 Å². The van der Waals surface area contributed by atoms with E-state index in [0.29, 0.717) is 5.76 Å². The lowest BCUT2D eigenvalue weighted by atomic mass is 10.1. The van der Waals surface area contributed by atoms with Crippen LogP contribution in [0.15, 0.2) is 63.9 Å². The van der Waals surface area contributed by atoms with Crippen molar-refractivity contribution in [1.29, 1.82) is 0 Å². The molecule has 0 saturated heterocycles. The standard InChI is InChI=1S/C22H24N2O4S/c1-15-8-11-19(12-9-15)29(26,27)24(4)14-18-10-13-20(28-18)22(25)23-21-16(2)6-5-7-17(21)3/h5-13H,14H2,1-4H3,(H,23,25). The molecule has 29 heavy (non-hydrogen) atoms. The number of aryl methyl sites for hydroxylation is 3. The van der Waals surface area contributed by atoms with Gasteiger partial charge in [-0.05, 0) is 56.2 Å². The van der Waals surface area contributed by atoms with Gasteiger partial charge in [0.25, 0.3) is 5.91 Å². The number of benzene rings is 2. The largest absolute Gasteiger partial charge is 0.455 e. The van der Waals surface area contributed by atoms with Crippen LogP contribution in [-0.4, -0.2) is 25.7 Å². The number of nitrogens with one attached hydrogen (secondary N) is 1. The highest BCUT2D eigenvalue weighted by atomic mass is 32.2. The van der Waals surface area contributed by atoms with Gasteiger partial charge in [-0.25, -0.2) is 8.42 Å². The molecule has 0 aliphatic heterocycles. The molecule has 1 amide bonds. The maximum atomic E-state index is 12.7. The van der Waals surface area contributed by atoms with Crippen molar-refractivity contribution in [1.82, 2.24) is 4.31 Å². The number of nitrogens with zero attached hydrogens (tertiary/aromatic N) is 1. The number of hydrogen-bond acceptors (Lipinski definition) is 4. The van der Waals surface area contributed by atoms with Crippen LogP contribution in [0.1, 0.15) is 33.0 Å². The van der Waals surface area contributed by atoms with Crippen LogP contribution in [-0.2, 0) is 16.6 Å². The zero-order valence-electron chi connectivity index (χ0n) is 16.9. The fourth-order valence-electron chi connectivity index (χ4n) is 2.97. The molecule has 0 bridgehead atoms. The first-order valence-electron chi connectivity index (χ1n) is 9.18. The molecule has 0 saturated carbocycles. The first-order chi connectivity index (χ1) is 13.7. The van der Waals surface area contributed by atoms with Gasteiger partial charge in [-0.1, -0.05) is 35.9 Å². The van der Waals surface area contributed by atoms with Crippen molar-refractivity contribution >= 4 is 21.6 Å². The van der Waals surface area contributed by atoms with Crippen molar-refractivity contribution < 1.29 is 17.6 Å². The third-order valence-corrected chi connectivity index (χ3v) is 6.53. The smallest absolute Gasteiger partial charge is 0.291 e. The molecule has 152 valence electrons. The van der Waals surface area contributed by atoms with Crippen molar-refractivity contribution in [3.63, 3.8) is 0 Å². The van der Waals surface area contributed by atoms with Gasteiger partial charge in [-0.15, -0.1) is 0 Å². The summed E-state index contributed by atoms with van der Waals surface area (Å²) >= 11 is 0. The van der Waals surface area contributed by atoms with Crippen molar-refractivity contribution in [2.24, 2.45) is 0 Å². The molecular formula is C22H24N2O4S. The first-order valence-corrected chi connectivity index (χ1v) is 10.6. The normalized spacial score (nSPS) is 11.6. The fraction of sp³-hybridized carbons (Fsp3) is 0.227. The molecule has 0 unspecified atom stereocenters. The number of carbonyl (C=O) groups is 1. The number of para-hydroxylation sites is 1. The topological polar surface area (TPSA) is 79.6 Å². The van der Waals surface area contributed by atoms with E-state index in [9.17, 15) is 13.2 Å². The Morgan fingerprint density at radius 1 is 0.966 bits per heavy atom. The molecule has 0 aliphatic rings.